The summed E-state index contributed by atoms with van der Waals surface area (Å²) in [6.07, 6.45) is 1.42. The molecule has 0 unspecified atom stereocenters. The van der Waals surface area contributed by atoms with Gasteiger partial charge in [0.1, 0.15) is 22.8 Å². The topological polar surface area (TPSA) is 112 Å². The van der Waals surface area contributed by atoms with Crippen LogP contribution in [-0.4, -0.2) is 31.7 Å². The molecule has 0 saturated heterocycles. The third-order valence-corrected chi connectivity index (χ3v) is 2.86. The molecule has 0 aliphatic rings. The lowest BCUT2D eigenvalue weighted by Crippen LogP contribution is -1.96. The van der Waals surface area contributed by atoms with Crippen LogP contribution in [0.1, 0.15) is 0 Å². The molecule has 20 heavy (non-hydrogen) atoms. The number of aromatic nitrogens is 4. The number of rotatable bonds is 3. The number of hydrogen-bond acceptors (Lipinski definition) is 7. The third-order valence-electron chi connectivity index (χ3n) is 2.86. The molecule has 0 aliphatic carbocycles. The molecule has 9 nitrogen and oxygen atoms in total. The van der Waals surface area contributed by atoms with Crippen LogP contribution in [0.2, 0.25) is 0 Å². The Labute approximate surface area is 112 Å². The van der Waals surface area contributed by atoms with Gasteiger partial charge in [-0.1, -0.05) is 0 Å². The van der Waals surface area contributed by atoms with E-state index in [1.54, 1.807) is 18.8 Å². The van der Waals surface area contributed by atoms with Crippen molar-refractivity contribution in [2.45, 2.75) is 0 Å². The minimum absolute atomic E-state index is 0.300. The van der Waals surface area contributed by atoms with Crippen LogP contribution >= 0.6 is 0 Å². The molecule has 102 valence electrons. The van der Waals surface area contributed by atoms with Crippen molar-refractivity contribution in [3.8, 4) is 11.5 Å². The molecule has 3 aromatic heterocycles. The van der Waals surface area contributed by atoms with Crippen LogP contribution in [0.5, 0.6) is 0 Å². The first-order valence-electron chi connectivity index (χ1n) is 5.72. The van der Waals surface area contributed by atoms with E-state index < -0.39 is 4.92 Å². The largest absolute Gasteiger partial charge is 0.433 e. The molecule has 0 bridgehead atoms. The Balaban J connectivity index is 2.27. The van der Waals surface area contributed by atoms with Crippen LogP contribution in [0.4, 0.5) is 11.7 Å². The highest BCUT2D eigenvalue weighted by Crippen LogP contribution is 2.33. The van der Waals surface area contributed by atoms with E-state index >= 15 is 0 Å². The molecule has 0 spiro atoms. The molecule has 3 rings (SSSR count). The summed E-state index contributed by atoms with van der Waals surface area (Å²) in [4.78, 5) is 18.4. The van der Waals surface area contributed by atoms with Crippen molar-refractivity contribution in [1.82, 2.24) is 19.7 Å². The summed E-state index contributed by atoms with van der Waals surface area (Å²) in [5, 5.41) is 18.6. The molecule has 0 aromatic carbocycles. The Hall–Kier alpha value is -2.97. The number of fused-ring (bicyclic) bond motifs is 1. The lowest BCUT2D eigenvalue weighted by molar-refractivity contribution is -0.401. The monoisotopic (exact) mass is 274 g/mol. The summed E-state index contributed by atoms with van der Waals surface area (Å²) in [5.41, 5.74) is 1.07. The first-order valence-corrected chi connectivity index (χ1v) is 5.72. The summed E-state index contributed by atoms with van der Waals surface area (Å²) in [6, 6.07) is 2.80. The normalized spacial score (nSPS) is 10.9. The number of nitrogens with zero attached hydrogens (tertiary/aromatic N) is 5. The molecule has 0 saturated carbocycles. The lowest BCUT2D eigenvalue weighted by Gasteiger charge is -2.00. The fourth-order valence-corrected chi connectivity index (χ4v) is 2.00. The van der Waals surface area contributed by atoms with Crippen molar-refractivity contribution in [1.29, 1.82) is 0 Å². The summed E-state index contributed by atoms with van der Waals surface area (Å²) in [5.74, 6) is 0.549. The smallest absolute Gasteiger partial charge is 0.399 e. The van der Waals surface area contributed by atoms with Crippen molar-refractivity contribution in [3.63, 3.8) is 0 Å². The molecule has 0 amide bonds. The SMILES string of the molecule is CNc1ncnc2c1c(-c1ccc([N+](=O)[O-])o1)nn2C. The van der Waals surface area contributed by atoms with Gasteiger partial charge in [0, 0.05) is 14.1 Å². The van der Waals surface area contributed by atoms with Crippen molar-refractivity contribution in [2.75, 3.05) is 12.4 Å². The number of anilines is 1. The Morgan fingerprint density at radius 3 is 2.85 bits per heavy atom. The molecule has 3 heterocycles. The summed E-state index contributed by atoms with van der Waals surface area (Å²) in [6.45, 7) is 0. The minimum Gasteiger partial charge on any atom is -0.399 e. The van der Waals surface area contributed by atoms with Crippen LogP contribution in [-0.2, 0) is 7.05 Å². The molecular weight excluding hydrogens is 264 g/mol. The summed E-state index contributed by atoms with van der Waals surface area (Å²) in [7, 11) is 3.46. The lowest BCUT2D eigenvalue weighted by atomic mass is 10.2. The quantitative estimate of drug-likeness (QED) is 0.569. The second kappa shape index (κ2) is 4.30. The van der Waals surface area contributed by atoms with Crippen LogP contribution < -0.4 is 5.32 Å². The van der Waals surface area contributed by atoms with Crippen LogP contribution in [0.15, 0.2) is 22.9 Å². The number of aryl methyl sites for hydroxylation is 1. The van der Waals surface area contributed by atoms with Gasteiger partial charge in [-0.2, -0.15) is 5.10 Å². The maximum absolute atomic E-state index is 10.7. The number of nitro groups is 1. The molecule has 3 aromatic rings. The van der Waals surface area contributed by atoms with Crippen molar-refractivity contribution < 1.29 is 9.34 Å². The Morgan fingerprint density at radius 2 is 2.20 bits per heavy atom. The number of furan rings is 1. The zero-order valence-corrected chi connectivity index (χ0v) is 10.7. The van der Waals surface area contributed by atoms with Gasteiger partial charge in [-0.05, 0) is 6.07 Å². The predicted octanol–water partition coefficient (Wildman–Crippen LogP) is 1.57. The zero-order valence-electron chi connectivity index (χ0n) is 10.7. The van der Waals surface area contributed by atoms with Gasteiger partial charge in [0.25, 0.3) is 0 Å². The highest BCUT2D eigenvalue weighted by Gasteiger charge is 2.21. The summed E-state index contributed by atoms with van der Waals surface area (Å²) < 4.78 is 6.76. The molecule has 0 aliphatic heterocycles. The van der Waals surface area contributed by atoms with E-state index in [4.69, 9.17) is 4.42 Å². The van der Waals surface area contributed by atoms with E-state index in [0.29, 0.717) is 28.3 Å². The Bertz CT molecular complexity index is 806. The maximum atomic E-state index is 10.7. The average Bonchev–Trinajstić information content (AvgIpc) is 3.04. The van der Waals surface area contributed by atoms with Gasteiger partial charge in [-0.15, -0.1) is 0 Å². The van der Waals surface area contributed by atoms with Gasteiger partial charge >= 0.3 is 5.88 Å². The van der Waals surface area contributed by atoms with Gasteiger partial charge in [0.2, 0.25) is 0 Å². The average molecular weight is 274 g/mol. The van der Waals surface area contributed by atoms with Crippen molar-refractivity contribution >= 4 is 22.7 Å². The van der Waals surface area contributed by atoms with Gasteiger partial charge in [0.05, 0.1) is 11.5 Å². The molecule has 1 N–H and O–H groups in total. The Kier molecular flexibility index (Phi) is 2.60. The van der Waals surface area contributed by atoms with E-state index in [1.165, 1.54) is 18.5 Å². The van der Waals surface area contributed by atoms with Gasteiger partial charge in [-0.3, -0.25) is 10.1 Å². The molecular formula is C11H10N6O3. The van der Waals surface area contributed by atoms with E-state index in [-0.39, 0.29) is 5.88 Å². The first-order chi connectivity index (χ1) is 9.61. The van der Waals surface area contributed by atoms with Crippen LogP contribution in [0, 0.1) is 10.1 Å². The molecule has 9 heteroatoms. The standard InChI is InChI=1S/C11H10N6O3/c1-12-10-8-9(6-3-4-7(20-6)17(18)19)15-16(2)11(8)14-5-13-10/h3-5H,1-2H3,(H,12,13,14). The highest BCUT2D eigenvalue weighted by molar-refractivity contribution is 5.97. The number of hydrogen-bond donors (Lipinski definition) is 1. The van der Waals surface area contributed by atoms with E-state index in [2.05, 4.69) is 20.4 Å². The fraction of sp³-hybridized carbons (Fsp3) is 0.182. The minimum atomic E-state index is -0.593. The van der Waals surface area contributed by atoms with E-state index in [1.807, 2.05) is 0 Å². The number of nitrogens with one attached hydrogen (secondary N) is 1. The zero-order chi connectivity index (χ0) is 14.3. The summed E-state index contributed by atoms with van der Waals surface area (Å²) >= 11 is 0. The van der Waals surface area contributed by atoms with Crippen molar-refractivity contribution in [3.05, 3.63) is 28.6 Å². The van der Waals surface area contributed by atoms with Crippen molar-refractivity contribution in [2.24, 2.45) is 7.05 Å². The van der Waals surface area contributed by atoms with E-state index in [0.717, 1.165) is 0 Å². The predicted molar refractivity (Wildman–Crippen MR) is 70.2 cm³/mol. The van der Waals surface area contributed by atoms with Crippen LogP contribution in [0.25, 0.3) is 22.5 Å². The van der Waals surface area contributed by atoms with Gasteiger partial charge in [-0.25, -0.2) is 14.6 Å². The third kappa shape index (κ3) is 1.67. The molecule has 0 fully saturated rings. The second-order valence-electron chi connectivity index (χ2n) is 4.04. The molecule has 0 radical (unpaired) electrons. The Morgan fingerprint density at radius 1 is 1.40 bits per heavy atom. The second-order valence-corrected chi connectivity index (χ2v) is 4.04. The molecule has 0 atom stereocenters. The van der Waals surface area contributed by atoms with Gasteiger partial charge < -0.3 is 9.73 Å². The van der Waals surface area contributed by atoms with Crippen LogP contribution in [0.3, 0.4) is 0 Å². The maximum Gasteiger partial charge on any atom is 0.433 e. The van der Waals surface area contributed by atoms with E-state index in [9.17, 15) is 10.1 Å². The highest BCUT2D eigenvalue weighted by atomic mass is 16.6. The fourth-order valence-electron chi connectivity index (χ4n) is 2.00. The van der Waals surface area contributed by atoms with Gasteiger partial charge in [0.15, 0.2) is 11.4 Å². The first kappa shape index (κ1) is 12.1.